The summed E-state index contributed by atoms with van der Waals surface area (Å²) >= 11 is 0. The van der Waals surface area contributed by atoms with Gasteiger partial charge in [-0.2, -0.15) is 0 Å². The van der Waals surface area contributed by atoms with Crippen molar-refractivity contribution in [3.63, 3.8) is 0 Å². The molecule has 0 radical (unpaired) electrons. The van der Waals surface area contributed by atoms with Gasteiger partial charge in [-0.25, -0.2) is 4.79 Å². The van der Waals surface area contributed by atoms with Gasteiger partial charge in [0.2, 0.25) is 0 Å². The molecule has 1 heterocycles. The van der Waals surface area contributed by atoms with E-state index in [0.29, 0.717) is 12.8 Å². The summed E-state index contributed by atoms with van der Waals surface area (Å²) in [5.74, 6) is -1.78. The van der Waals surface area contributed by atoms with Gasteiger partial charge in [-0.3, -0.25) is 9.59 Å². The summed E-state index contributed by atoms with van der Waals surface area (Å²) < 4.78 is 16.3. The Morgan fingerprint density at radius 2 is 1.84 bits per heavy atom. The van der Waals surface area contributed by atoms with Gasteiger partial charge in [-0.05, 0) is 25.5 Å². The standard InChI is InChI=1S/C19H24O6/c1-10-6-7-15(23-13(4)20)11(2)9-17(24-14(5)21)18-12(3)19(22)25-16(18)8-10/h6,9,15-18H,3,7-8H2,1-2,4-5H3/b10-6+,11-9+/t15-,16+,17-,18-/m1/s1. The molecule has 136 valence electrons. The molecule has 0 amide bonds. The Labute approximate surface area is 147 Å². The minimum Gasteiger partial charge on any atom is -0.458 e. The molecule has 0 unspecified atom stereocenters. The molecule has 1 aliphatic heterocycles. The van der Waals surface area contributed by atoms with Crippen LogP contribution in [0.1, 0.15) is 40.5 Å². The van der Waals surface area contributed by atoms with Gasteiger partial charge >= 0.3 is 17.9 Å². The fourth-order valence-electron chi connectivity index (χ4n) is 3.23. The topological polar surface area (TPSA) is 78.9 Å². The lowest BCUT2D eigenvalue weighted by Gasteiger charge is -2.27. The van der Waals surface area contributed by atoms with E-state index in [9.17, 15) is 14.4 Å². The zero-order valence-corrected chi connectivity index (χ0v) is 15.0. The van der Waals surface area contributed by atoms with Crippen molar-refractivity contribution in [1.29, 1.82) is 0 Å². The molecule has 2 aliphatic rings. The highest BCUT2D eigenvalue weighted by Crippen LogP contribution is 2.36. The maximum absolute atomic E-state index is 12.0. The zero-order valence-electron chi connectivity index (χ0n) is 15.0. The molecule has 6 nitrogen and oxygen atoms in total. The van der Waals surface area contributed by atoms with Crippen LogP contribution in [0.3, 0.4) is 0 Å². The summed E-state index contributed by atoms with van der Waals surface area (Å²) in [5, 5.41) is 0. The smallest absolute Gasteiger partial charge is 0.334 e. The van der Waals surface area contributed by atoms with Crippen LogP contribution in [0, 0.1) is 5.92 Å². The van der Waals surface area contributed by atoms with E-state index in [1.807, 2.05) is 19.9 Å². The second kappa shape index (κ2) is 7.68. The van der Waals surface area contributed by atoms with Crippen LogP contribution < -0.4 is 0 Å². The molecule has 6 heteroatoms. The van der Waals surface area contributed by atoms with E-state index in [2.05, 4.69) is 6.58 Å². The number of carbonyl (C=O) groups excluding carboxylic acids is 3. The molecule has 4 atom stereocenters. The molecule has 0 spiro atoms. The van der Waals surface area contributed by atoms with Crippen LogP contribution in [0.5, 0.6) is 0 Å². The molecular formula is C19H24O6. The van der Waals surface area contributed by atoms with Gasteiger partial charge in [0.1, 0.15) is 18.3 Å². The Hall–Kier alpha value is -2.37. The first-order valence-electron chi connectivity index (χ1n) is 8.27. The number of ether oxygens (including phenoxy) is 3. The van der Waals surface area contributed by atoms with Crippen molar-refractivity contribution in [2.75, 3.05) is 0 Å². The van der Waals surface area contributed by atoms with Crippen molar-refractivity contribution in [2.24, 2.45) is 5.92 Å². The normalized spacial score (nSPS) is 33.9. The fraction of sp³-hybridized carbons (Fsp3) is 0.526. The SMILES string of the molecule is C=C1C(=O)O[C@H]2C/C(C)=C/C[C@@H](OC(C)=O)/C(C)=C/[C@@H](OC(C)=O)[C@H]12. The van der Waals surface area contributed by atoms with Crippen LogP contribution in [0.2, 0.25) is 0 Å². The van der Waals surface area contributed by atoms with Gasteiger partial charge in [0.05, 0.1) is 5.92 Å². The third kappa shape index (κ3) is 4.59. The predicted molar refractivity (Wildman–Crippen MR) is 90.4 cm³/mol. The Kier molecular flexibility index (Phi) is 5.82. The lowest BCUT2D eigenvalue weighted by Crippen LogP contribution is -2.33. The molecule has 0 N–H and O–H groups in total. The zero-order chi connectivity index (χ0) is 18.7. The van der Waals surface area contributed by atoms with E-state index in [0.717, 1.165) is 11.1 Å². The van der Waals surface area contributed by atoms with Crippen LogP contribution in [0.4, 0.5) is 0 Å². The molecule has 0 aromatic heterocycles. The summed E-state index contributed by atoms with van der Waals surface area (Å²) in [6, 6.07) is 0. The number of carbonyl (C=O) groups is 3. The first-order valence-corrected chi connectivity index (χ1v) is 8.27. The largest absolute Gasteiger partial charge is 0.458 e. The predicted octanol–water partition coefficient (Wildman–Crippen LogP) is 2.63. The highest BCUT2D eigenvalue weighted by atomic mass is 16.6. The van der Waals surface area contributed by atoms with Crippen molar-refractivity contribution in [3.05, 3.63) is 35.5 Å². The van der Waals surface area contributed by atoms with Gasteiger partial charge in [0, 0.05) is 32.3 Å². The Morgan fingerprint density at radius 3 is 2.44 bits per heavy atom. The number of hydrogen-bond acceptors (Lipinski definition) is 6. The molecule has 0 aromatic carbocycles. The maximum atomic E-state index is 12.0. The van der Waals surface area contributed by atoms with Gasteiger partial charge in [-0.1, -0.05) is 18.2 Å². The molecule has 1 fully saturated rings. The Balaban J connectivity index is 2.46. The van der Waals surface area contributed by atoms with E-state index >= 15 is 0 Å². The van der Waals surface area contributed by atoms with Crippen LogP contribution in [0.25, 0.3) is 0 Å². The van der Waals surface area contributed by atoms with Gasteiger partial charge in [-0.15, -0.1) is 0 Å². The lowest BCUT2D eigenvalue weighted by atomic mass is 9.85. The van der Waals surface area contributed by atoms with Crippen molar-refractivity contribution >= 4 is 17.9 Å². The maximum Gasteiger partial charge on any atom is 0.334 e. The molecule has 25 heavy (non-hydrogen) atoms. The lowest BCUT2D eigenvalue weighted by molar-refractivity contribution is -0.148. The average molecular weight is 348 g/mol. The third-order valence-electron chi connectivity index (χ3n) is 4.43. The highest BCUT2D eigenvalue weighted by molar-refractivity contribution is 5.91. The second-order valence-corrected chi connectivity index (χ2v) is 6.57. The minimum absolute atomic E-state index is 0.290. The van der Waals surface area contributed by atoms with E-state index < -0.39 is 36.2 Å². The minimum atomic E-state index is -0.703. The van der Waals surface area contributed by atoms with Crippen molar-refractivity contribution in [2.45, 2.75) is 58.8 Å². The molecule has 1 saturated heterocycles. The fourth-order valence-corrected chi connectivity index (χ4v) is 3.23. The van der Waals surface area contributed by atoms with Gasteiger partial charge in [0.15, 0.2) is 0 Å². The monoisotopic (exact) mass is 348 g/mol. The van der Waals surface area contributed by atoms with Crippen molar-refractivity contribution < 1.29 is 28.6 Å². The first-order chi connectivity index (χ1) is 11.7. The van der Waals surface area contributed by atoms with Crippen LogP contribution in [-0.4, -0.2) is 36.2 Å². The molecule has 0 aromatic rings. The summed E-state index contributed by atoms with van der Waals surface area (Å²) in [6.07, 6.45) is 3.13. The van der Waals surface area contributed by atoms with Crippen molar-refractivity contribution in [1.82, 2.24) is 0 Å². The van der Waals surface area contributed by atoms with Gasteiger partial charge < -0.3 is 14.2 Å². The number of hydrogen-bond donors (Lipinski definition) is 0. The van der Waals surface area contributed by atoms with Crippen LogP contribution in [0.15, 0.2) is 35.5 Å². The molecule has 2 rings (SSSR count). The number of fused-ring (bicyclic) bond motifs is 1. The summed E-state index contributed by atoms with van der Waals surface area (Å²) in [7, 11) is 0. The van der Waals surface area contributed by atoms with Crippen LogP contribution in [-0.2, 0) is 28.6 Å². The van der Waals surface area contributed by atoms with Gasteiger partial charge in [0.25, 0.3) is 0 Å². The van der Waals surface area contributed by atoms with E-state index in [4.69, 9.17) is 14.2 Å². The van der Waals surface area contributed by atoms with Crippen molar-refractivity contribution in [3.8, 4) is 0 Å². The summed E-state index contributed by atoms with van der Waals surface area (Å²) in [5.41, 5.74) is 2.04. The quantitative estimate of drug-likeness (QED) is 0.330. The highest BCUT2D eigenvalue weighted by Gasteiger charge is 2.44. The second-order valence-electron chi connectivity index (χ2n) is 6.57. The Bertz CT molecular complexity index is 657. The molecule has 0 bridgehead atoms. The third-order valence-corrected chi connectivity index (χ3v) is 4.43. The average Bonchev–Trinajstić information content (AvgIpc) is 2.75. The molecular weight excluding hydrogens is 324 g/mol. The van der Waals surface area contributed by atoms with E-state index in [1.54, 1.807) is 6.08 Å². The van der Waals surface area contributed by atoms with Crippen LogP contribution >= 0.6 is 0 Å². The van der Waals surface area contributed by atoms with E-state index in [-0.39, 0.29) is 11.5 Å². The molecule has 0 saturated carbocycles. The number of rotatable bonds is 2. The van der Waals surface area contributed by atoms with E-state index in [1.165, 1.54) is 13.8 Å². The molecule has 1 aliphatic carbocycles. The summed E-state index contributed by atoms with van der Waals surface area (Å²) in [4.78, 5) is 35.0. The Morgan fingerprint density at radius 1 is 1.20 bits per heavy atom. The summed E-state index contributed by atoms with van der Waals surface area (Å²) in [6.45, 7) is 10.2. The first kappa shape index (κ1) is 19.0. The number of esters is 3.